The van der Waals surface area contributed by atoms with Gasteiger partial charge in [0.15, 0.2) is 0 Å². The van der Waals surface area contributed by atoms with Gasteiger partial charge in [-0.25, -0.2) is 4.79 Å². The van der Waals surface area contributed by atoms with Crippen LogP contribution in [0.2, 0.25) is 0 Å². The second-order valence-electron chi connectivity index (χ2n) is 7.06. The molecule has 23 heavy (non-hydrogen) atoms. The molecule has 4 heteroatoms. The fourth-order valence-electron chi connectivity index (χ4n) is 3.69. The molecule has 0 atom stereocenters. The number of carbonyl (C=O) groups excluding carboxylic acids is 1. The van der Waals surface area contributed by atoms with Crippen LogP contribution in [-0.4, -0.2) is 19.2 Å². The minimum absolute atomic E-state index is 0.187. The highest BCUT2D eigenvalue weighted by Gasteiger charge is 2.18. The Morgan fingerprint density at radius 3 is 2.22 bits per heavy atom. The number of rotatable bonds is 6. The molecule has 0 aromatic carbocycles. The Morgan fingerprint density at radius 1 is 0.957 bits per heavy atom. The first-order valence-corrected chi connectivity index (χ1v) is 10.1. The molecule has 0 amide bonds. The number of hydrogen-bond acceptors (Lipinski definition) is 4. The van der Waals surface area contributed by atoms with Crippen molar-refractivity contribution < 1.29 is 14.3 Å². The summed E-state index contributed by atoms with van der Waals surface area (Å²) in [4.78, 5) is 12.8. The van der Waals surface area contributed by atoms with E-state index < -0.39 is 0 Å². The van der Waals surface area contributed by atoms with E-state index in [0.717, 1.165) is 12.4 Å². The molecule has 3 rings (SSSR count). The lowest BCUT2D eigenvalue weighted by Crippen LogP contribution is -2.16. The third kappa shape index (κ3) is 5.23. The highest BCUT2D eigenvalue weighted by Crippen LogP contribution is 2.28. The molecule has 2 fully saturated rings. The summed E-state index contributed by atoms with van der Waals surface area (Å²) in [7, 11) is 0. The zero-order chi connectivity index (χ0) is 15.9. The first kappa shape index (κ1) is 16.8. The quantitative estimate of drug-likeness (QED) is 0.648. The maximum absolute atomic E-state index is 12.1. The van der Waals surface area contributed by atoms with Crippen LogP contribution in [0.3, 0.4) is 0 Å². The molecule has 1 aromatic rings. The summed E-state index contributed by atoms with van der Waals surface area (Å²) in [6, 6.07) is 1.84. The van der Waals surface area contributed by atoms with Crippen LogP contribution in [0.25, 0.3) is 0 Å². The van der Waals surface area contributed by atoms with E-state index in [1.807, 2.05) is 11.4 Å². The van der Waals surface area contributed by atoms with E-state index in [0.29, 0.717) is 23.3 Å². The zero-order valence-electron chi connectivity index (χ0n) is 13.9. The Bertz CT molecular complexity index is 485. The summed E-state index contributed by atoms with van der Waals surface area (Å²) < 4.78 is 11.4. The summed E-state index contributed by atoms with van der Waals surface area (Å²) >= 11 is 1.43. The van der Waals surface area contributed by atoms with Gasteiger partial charge in [0.1, 0.15) is 10.6 Å². The predicted molar refractivity (Wildman–Crippen MR) is 93.2 cm³/mol. The molecular weight excluding hydrogens is 308 g/mol. The maximum atomic E-state index is 12.1. The normalized spacial score (nSPS) is 20.3. The Kier molecular flexibility index (Phi) is 6.37. The number of esters is 1. The first-order valence-electron chi connectivity index (χ1n) is 9.20. The summed E-state index contributed by atoms with van der Waals surface area (Å²) in [5.74, 6) is 1.89. The second-order valence-corrected chi connectivity index (χ2v) is 7.98. The van der Waals surface area contributed by atoms with Crippen molar-refractivity contribution in [2.75, 3.05) is 13.2 Å². The molecule has 0 unspecified atom stereocenters. The number of hydrogen-bond donors (Lipinski definition) is 0. The van der Waals surface area contributed by atoms with Gasteiger partial charge in [-0.2, -0.15) is 0 Å². The Hall–Kier alpha value is -1.03. The van der Waals surface area contributed by atoms with Gasteiger partial charge in [-0.15, -0.1) is 11.3 Å². The van der Waals surface area contributed by atoms with Crippen LogP contribution < -0.4 is 4.74 Å². The van der Waals surface area contributed by atoms with Gasteiger partial charge in [-0.3, -0.25) is 0 Å². The van der Waals surface area contributed by atoms with Crippen molar-refractivity contribution in [3.8, 4) is 5.75 Å². The lowest BCUT2D eigenvalue weighted by Gasteiger charge is -2.21. The molecule has 2 aliphatic carbocycles. The highest BCUT2D eigenvalue weighted by atomic mass is 32.1. The van der Waals surface area contributed by atoms with Crippen LogP contribution in [0.5, 0.6) is 5.75 Å². The molecular formula is C19H28O3S. The van der Waals surface area contributed by atoms with Crippen molar-refractivity contribution in [3.63, 3.8) is 0 Å². The molecule has 3 nitrogen and oxygen atoms in total. The average Bonchev–Trinajstić information content (AvgIpc) is 3.09. The van der Waals surface area contributed by atoms with Crippen molar-refractivity contribution in [2.24, 2.45) is 11.8 Å². The molecule has 0 spiro atoms. The fraction of sp³-hybridized carbons (Fsp3) is 0.737. The largest absolute Gasteiger partial charge is 0.492 e. The minimum Gasteiger partial charge on any atom is -0.492 e. The molecule has 128 valence electrons. The Labute approximate surface area is 143 Å². The van der Waals surface area contributed by atoms with Gasteiger partial charge in [-0.1, -0.05) is 38.5 Å². The molecule has 0 aliphatic heterocycles. The van der Waals surface area contributed by atoms with Crippen LogP contribution >= 0.6 is 11.3 Å². The van der Waals surface area contributed by atoms with E-state index in [-0.39, 0.29) is 5.97 Å². The number of thiophene rings is 1. The molecule has 0 bridgehead atoms. The summed E-state index contributed by atoms with van der Waals surface area (Å²) in [6.45, 7) is 1.36. The SMILES string of the molecule is O=C(OCC1CCCCC1)c1cc(OCC2CCCCC2)cs1. The molecule has 0 saturated heterocycles. The van der Waals surface area contributed by atoms with E-state index in [1.165, 1.54) is 75.5 Å². The Morgan fingerprint density at radius 2 is 1.57 bits per heavy atom. The smallest absolute Gasteiger partial charge is 0.348 e. The van der Waals surface area contributed by atoms with Crippen molar-refractivity contribution in [1.82, 2.24) is 0 Å². The van der Waals surface area contributed by atoms with Crippen molar-refractivity contribution in [1.29, 1.82) is 0 Å². The molecule has 0 radical (unpaired) electrons. The fourth-order valence-corrected chi connectivity index (χ4v) is 4.41. The number of carbonyl (C=O) groups is 1. The van der Waals surface area contributed by atoms with Crippen LogP contribution in [-0.2, 0) is 4.74 Å². The highest BCUT2D eigenvalue weighted by molar-refractivity contribution is 7.12. The van der Waals surface area contributed by atoms with Gasteiger partial charge in [0.25, 0.3) is 0 Å². The van der Waals surface area contributed by atoms with E-state index >= 15 is 0 Å². The third-order valence-corrected chi connectivity index (χ3v) is 6.05. The van der Waals surface area contributed by atoms with Crippen molar-refractivity contribution in [3.05, 3.63) is 16.3 Å². The Balaban J connectivity index is 1.41. The topological polar surface area (TPSA) is 35.5 Å². The van der Waals surface area contributed by atoms with Crippen LogP contribution in [0, 0.1) is 11.8 Å². The monoisotopic (exact) mass is 336 g/mol. The first-order chi connectivity index (χ1) is 11.3. The summed E-state index contributed by atoms with van der Waals surface area (Å²) in [5.41, 5.74) is 0. The molecule has 1 aromatic heterocycles. The molecule has 1 heterocycles. The van der Waals surface area contributed by atoms with Crippen molar-refractivity contribution in [2.45, 2.75) is 64.2 Å². The third-order valence-electron chi connectivity index (χ3n) is 5.16. The van der Waals surface area contributed by atoms with E-state index in [9.17, 15) is 4.79 Å². The standard InChI is InChI=1S/C19H28O3S/c20-19(22-13-16-9-5-2-6-10-16)18-11-17(14-23-18)21-12-15-7-3-1-4-8-15/h11,14-16H,1-10,12-13H2. The molecule has 2 aliphatic rings. The van der Waals surface area contributed by atoms with Gasteiger partial charge in [-0.05, 0) is 37.5 Å². The number of ether oxygens (including phenoxy) is 2. The van der Waals surface area contributed by atoms with Crippen LogP contribution in [0.15, 0.2) is 11.4 Å². The maximum Gasteiger partial charge on any atom is 0.348 e. The predicted octanol–water partition coefficient (Wildman–Crippen LogP) is 5.44. The lowest BCUT2D eigenvalue weighted by atomic mass is 9.90. The molecule has 0 N–H and O–H groups in total. The second kappa shape index (κ2) is 8.72. The summed E-state index contributed by atoms with van der Waals surface area (Å²) in [6.07, 6.45) is 12.9. The van der Waals surface area contributed by atoms with E-state index in [4.69, 9.17) is 9.47 Å². The van der Waals surface area contributed by atoms with Crippen molar-refractivity contribution >= 4 is 17.3 Å². The van der Waals surface area contributed by atoms with Gasteiger partial charge in [0, 0.05) is 11.4 Å². The molecule has 2 saturated carbocycles. The van der Waals surface area contributed by atoms with Gasteiger partial charge in [0.05, 0.1) is 13.2 Å². The van der Waals surface area contributed by atoms with Gasteiger partial charge < -0.3 is 9.47 Å². The van der Waals surface area contributed by atoms with Gasteiger partial charge in [0.2, 0.25) is 0 Å². The van der Waals surface area contributed by atoms with E-state index in [1.54, 1.807) is 0 Å². The van der Waals surface area contributed by atoms with Gasteiger partial charge >= 0.3 is 5.97 Å². The van der Waals surface area contributed by atoms with E-state index in [2.05, 4.69) is 0 Å². The summed E-state index contributed by atoms with van der Waals surface area (Å²) in [5, 5.41) is 1.93. The van der Waals surface area contributed by atoms with Crippen LogP contribution in [0.1, 0.15) is 73.9 Å². The lowest BCUT2D eigenvalue weighted by molar-refractivity contribution is 0.0415. The zero-order valence-corrected chi connectivity index (χ0v) is 14.7. The average molecular weight is 336 g/mol. The minimum atomic E-state index is -0.187. The van der Waals surface area contributed by atoms with Crippen LogP contribution in [0.4, 0.5) is 0 Å².